The maximum atomic E-state index is 13.6. The Bertz CT molecular complexity index is 1160. The summed E-state index contributed by atoms with van der Waals surface area (Å²) < 4.78 is 33.5. The van der Waals surface area contributed by atoms with Crippen molar-refractivity contribution in [3.05, 3.63) is 88.9 Å². The maximum Gasteiger partial charge on any atom is 0.255 e. The number of rotatable bonds is 9. The zero-order valence-corrected chi connectivity index (χ0v) is 19.2. The van der Waals surface area contributed by atoms with Crippen LogP contribution in [-0.4, -0.2) is 37.9 Å². The highest BCUT2D eigenvalue weighted by molar-refractivity contribution is 7.89. The van der Waals surface area contributed by atoms with Gasteiger partial charge in [-0.05, 0) is 56.0 Å². The lowest BCUT2D eigenvalue weighted by Gasteiger charge is -2.24. The second-order valence-corrected chi connectivity index (χ2v) is 9.49. The molecule has 0 unspecified atom stereocenters. The SMILES string of the molecule is Cc1cc(C)c(S(=O)(=O)N(CCc2ccccc2)CC(=O)NN=Cc2ccco2)c(C)c1. The number of hydrogen-bond donors (Lipinski definition) is 1. The highest BCUT2D eigenvalue weighted by Gasteiger charge is 2.29. The Hall–Kier alpha value is -3.23. The Morgan fingerprint density at radius 1 is 1.06 bits per heavy atom. The standard InChI is InChI=1S/C24H27N3O4S/c1-18-14-19(2)24(20(3)15-18)32(29,30)27(12-11-21-8-5-4-6-9-21)17-23(28)26-25-16-22-10-7-13-31-22/h4-10,13-16H,11-12,17H2,1-3H3,(H,26,28). The Kier molecular flexibility index (Phi) is 7.61. The van der Waals surface area contributed by atoms with E-state index < -0.39 is 15.9 Å². The molecule has 2 aromatic carbocycles. The summed E-state index contributed by atoms with van der Waals surface area (Å²) in [4.78, 5) is 12.8. The van der Waals surface area contributed by atoms with Crippen molar-refractivity contribution in [3.63, 3.8) is 0 Å². The predicted octanol–water partition coefficient (Wildman–Crippen LogP) is 3.59. The molecular formula is C24H27N3O4S. The molecule has 8 heteroatoms. The monoisotopic (exact) mass is 453 g/mol. The molecule has 0 aliphatic carbocycles. The predicted molar refractivity (Wildman–Crippen MR) is 124 cm³/mol. The highest BCUT2D eigenvalue weighted by atomic mass is 32.2. The molecule has 0 aliphatic rings. The fourth-order valence-electron chi connectivity index (χ4n) is 3.61. The molecule has 1 heterocycles. The first-order chi connectivity index (χ1) is 15.3. The van der Waals surface area contributed by atoms with Crippen LogP contribution >= 0.6 is 0 Å². The number of hydrogen-bond acceptors (Lipinski definition) is 5. The van der Waals surface area contributed by atoms with Gasteiger partial charge in [0.25, 0.3) is 5.91 Å². The highest BCUT2D eigenvalue weighted by Crippen LogP contribution is 2.25. The van der Waals surface area contributed by atoms with Crippen LogP contribution in [0.5, 0.6) is 0 Å². The zero-order chi connectivity index (χ0) is 23.1. The fraction of sp³-hybridized carbons (Fsp3) is 0.250. The van der Waals surface area contributed by atoms with E-state index in [-0.39, 0.29) is 18.0 Å². The van der Waals surface area contributed by atoms with Gasteiger partial charge < -0.3 is 4.42 Å². The van der Waals surface area contributed by atoms with E-state index in [0.29, 0.717) is 23.3 Å². The molecular weight excluding hydrogens is 426 g/mol. The van der Waals surface area contributed by atoms with Crippen LogP contribution in [0.3, 0.4) is 0 Å². The smallest absolute Gasteiger partial charge is 0.255 e. The van der Waals surface area contributed by atoms with E-state index in [1.165, 1.54) is 16.8 Å². The van der Waals surface area contributed by atoms with Gasteiger partial charge in [-0.1, -0.05) is 48.0 Å². The van der Waals surface area contributed by atoms with E-state index >= 15 is 0 Å². The maximum absolute atomic E-state index is 13.6. The van der Waals surface area contributed by atoms with Crippen molar-refractivity contribution in [1.82, 2.24) is 9.73 Å². The van der Waals surface area contributed by atoms with Crippen LogP contribution in [0.4, 0.5) is 0 Å². The molecule has 3 aromatic rings. The van der Waals surface area contributed by atoms with Gasteiger partial charge in [-0.3, -0.25) is 4.79 Å². The van der Waals surface area contributed by atoms with Crippen molar-refractivity contribution in [1.29, 1.82) is 0 Å². The van der Waals surface area contributed by atoms with Crippen LogP contribution in [0.15, 0.2) is 75.3 Å². The second-order valence-electron chi connectivity index (χ2n) is 7.61. The molecule has 0 spiro atoms. The minimum atomic E-state index is -3.91. The van der Waals surface area contributed by atoms with Crippen LogP contribution < -0.4 is 5.43 Å². The van der Waals surface area contributed by atoms with Crippen molar-refractivity contribution < 1.29 is 17.6 Å². The van der Waals surface area contributed by atoms with E-state index in [0.717, 1.165) is 11.1 Å². The summed E-state index contributed by atoms with van der Waals surface area (Å²) in [6.07, 6.45) is 3.33. The molecule has 0 saturated heterocycles. The molecule has 3 rings (SSSR count). The van der Waals surface area contributed by atoms with Gasteiger partial charge >= 0.3 is 0 Å². The van der Waals surface area contributed by atoms with Crippen molar-refractivity contribution in [2.24, 2.45) is 5.10 Å². The largest absolute Gasteiger partial charge is 0.463 e. The lowest BCUT2D eigenvalue weighted by atomic mass is 10.1. The molecule has 1 amide bonds. The number of amides is 1. The van der Waals surface area contributed by atoms with Crippen molar-refractivity contribution in [2.75, 3.05) is 13.1 Å². The fourth-order valence-corrected chi connectivity index (χ4v) is 5.42. The number of sulfonamides is 1. The average Bonchev–Trinajstić information content (AvgIpc) is 3.24. The van der Waals surface area contributed by atoms with Gasteiger partial charge in [-0.15, -0.1) is 0 Å². The third-order valence-electron chi connectivity index (χ3n) is 4.94. The number of carbonyl (C=O) groups is 1. The third-order valence-corrected chi connectivity index (χ3v) is 7.09. The number of furan rings is 1. The van der Waals surface area contributed by atoms with Gasteiger partial charge in [0.15, 0.2) is 0 Å². The van der Waals surface area contributed by atoms with E-state index in [2.05, 4.69) is 10.5 Å². The molecule has 32 heavy (non-hydrogen) atoms. The summed E-state index contributed by atoms with van der Waals surface area (Å²) in [5, 5.41) is 3.85. The number of carbonyl (C=O) groups excluding carboxylic acids is 1. The topological polar surface area (TPSA) is 92.0 Å². The van der Waals surface area contributed by atoms with Crippen LogP contribution in [0.2, 0.25) is 0 Å². The molecule has 0 aliphatic heterocycles. The van der Waals surface area contributed by atoms with Gasteiger partial charge in [0, 0.05) is 6.54 Å². The normalized spacial score (nSPS) is 11.9. The number of aryl methyl sites for hydroxylation is 3. The summed E-state index contributed by atoms with van der Waals surface area (Å²) in [6.45, 7) is 5.28. The van der Waals surface area contributed by atoms with E-state index in [4.69, 9.17) is 4.42 Å². The van der Waals surface area contributed by atoms with E-state index in [1.807, 2.05) is 49.4 Å². The lowest BCUT2D eigenvalue weighted by molar-refractivity contribution is -0.121. The zero-order valence-electron chi connectivity index (χ0n) is 18.4. The molecule has 0 radical (unpaired) electrons. The van der Waals surface area contributed by atoms with Gasteiger partial charge in [-0.25, -0.2) is 13.8 Å². The van der Waals surface area contributed by atoms with Crippen molar-refractivity contribution in [3.8, 4) is 0 Å². The summed E-state index contributed by atoms with van der Waals surface area (Å²) in [6, 6.07) is 16.6. The summed E-state index contributed by atoms with van der Waals surface area (Å²) in [5.74, 6) is -0.0587. The van der Waals surface area contributed by atoms with Crippen LogP contribution in [0, 0.1) is 20.8 Å². The molecule has 0 bridgehead atoms. The molecule has 1 aromatic heterocycles. The third kappa shape index (κ3) is 5.93. The van der Waals surface area contributed by atoms with Crippen molar-refractivity contribution >= 4 is 22.1 Å². The summed E-state index contributed by atoms with van der Waals surface area (Å²) in [7, 11) is -3.91. The van der Waals surface area contributed by atoms with Crippen molar-refractivity contribution in [2.45, 2.75) is 32.1 Å². The molecule has 168 valence electrons. The molecule has 1 N–H and O–H groups in total. The second kappa shape index (κ2) is 10.4. The quantitative estimate of drug-likeness (QED) is 0.396. The van der Waals surface area contributed by atoms with E-state index in [1.54, 1.807) is 26.0 Å². The first-order valence-electron chi connectivity index (χ1n) is 10.2. The number of nitrogens with zero attached hydrogens (tertiary/aromatic N) is 2. The first kappa shape index (κ1) is 23.4. The van der Waals surface area contributed by atoms with E-state index in [9.17, 15) is 13.2 Å². The minimum Gasteiger partial charge on any atom is -0.463 e. The molecule has 7 nitrogen and oxygen atoms in total. The Morgan fingerprint density at radius 3 is 2.38 bits per heavy atom. The summed E-state index contributed by atoms with van der Waals surface area (Å²) >= 11 is 0. The van der Waals surface area contributed by atoms with Gasteiger partial charge in [0.1, 0.15) is 5.76 Å². The number of nitrogens with one attached hydrogen (secondary N) is 1. The Labute approximate surface area is 188 Å². The van der Waals surface area contributed by atoms with Crippen LogP contribution in [-0.2, 0) is 21.2 Å². The lowest BCUT2D eigenvalue weighted by Crippen LogP contribution is -2.41. The molecule has 0 atom stereocenters. The Morgan fingerprint density at radius 2 is 1.75 bits per heavy atom. The number of benzene rings is 2. The summed E-state index contributed by atoms with van der Waals surface area (Å²) in [5.41, 5.74) is 5.66. The Balaban J connectivity index is 1.83. The number of hydrazone groups is 1. The van der Waals surface area contributed by atoms with Crippen LogP contribution in [0.1, 0.15) is 28.0 Å². The molecule has 0 saturated carbocycles. The molecule has 0 fully saturated rings. The average molecular weight is 454 g/mol. The van der Waals surface area contributed by atoms with Crippen LogP contribution in [0.25, 0.3) is 0 Å². The first-order valence-corrected chi connectivity index (χ1v) is 11.7. The van der Waals surface area contributed by atoms with Gasteiger partial charge in [0.2, 0.25) is 10.0 Å². The van der Waals surface area contributed by atoms with Gasteiger partial charge in [-0.2, -0.15) is 9.41 Å². The minimum absolute atomic E-state index is 0.161. The van der Waals surface area contributed by atoms with Gasteiger partial charge in [0.05, 0.1) is 23.9 Å².